The van der Waals surface area contributed by atoms with Gasteiger partial charge in [-0.15, -0.1) is 0 Å². The Bertz CT molecular complexity index is 617. The van der Waals surface area contributed by atoms with E-state index in [4.69, 9.17) is 11.6 Å². The van der Waals surface area contributed by atoms with E-state index in [2.05, 4.69) is 21.2 Å². The van der Waals surface area contributed by atoms with Gasteiger partial charge < -0.3 is 10.2 Å². The fourth-order valence-corrected chi connectivity index (χ4v) is 2.42. The zero-order valence-electron chi connectivity index (χ0n) is 11.3. The van der Waals surface area contributed by atoms with E-state index in [9.17, 15) is 4.39 Å². The number of rotatable bonds is 4. The molecule has 5 heteroatoms. The van der Waals surface area contributed by atoms with Crippen molar-refractivity contribution in [2.24, 2.45) is 0 Å². The molecule has 0 atom stereocenters. The van der Waals surface area contributed by atoms with E-state index in [1.165, 1.54) is 6.07 Å². The van der Waals surface area contributed by atoms with Crippen LogP contribution < -0.4 is 10.2 Å². The predicted molar refractivity (Wildman–Crippen MR) is 87.2 cm³/mol. The van der Waals surface area contributed by atoms with Crippen LogP contribution in [-0.2, 0) is 6.54 Å². The number of anilines is 2. The molecule has 2 nitrogen and oxygen atoms in total. The average Bonchev–Trinajstić information content (AvgIpc) is 2.37. The standard InChI is InChI=1S/C15H15BrClFN2/c1-20(2)15-6-4-11(16)7-14(15)19-9-10-3-5-12(17)8-13(10)18/h3-8,19H,9H2,1-2H3. The highest BCUT2D eigenvalue weighted by Crippen LogP contribution is 2.28. The van der Waals surface area contributed by atoms with Crippen molar-refractivity contribution in [2.75, 3.05) is 24.3 Å². The van der Waals surface area contributed by atoms with Crippen molar-refractivity contribution >= 4 is 38.9 Å². The number of hydrogen-bond acceptors (Lipinski definition) is 2. The molecule has 0 unspecified atom stereocenters. The lowest BCUT2D eigenvalue weighted by molar-refractivity contribution is 0.613. The predicted octanol–water partition coefficient (Wildman–Crippen LogP) is 4.92. The second kappa shape index (κ2) is 6.46. The summed E-state index contributed by atoms with van der Waals surface area (Å²) in [5, 5.41) is 3.66. The smallest absolute Gasteiger partial charge is 0.129 e. The number of nitrogens with one attached hydrogen (secondary N) is 1. The minimum atomic E-state index is -0.300. The van der Waals surface area contributed by atoms with Crippen LogP contribution in [0.15, 0.2) is 40.9 Å². The van der Waals surface area contributed by atoms with Gasteiger partial charge in [-0.05, 0) is 30.3 Å². The summed E-state index contributed by atoms with van der Waals surface area (Å²) in [7, 11) is 3.94. The lowest BCUT2D eigenvalue weighted by atomic mass is 10.2. The number of halogens is 3. The molecule has 0 saturated carbocycles. The van der Waals surface area contributed by atoms with Crippen LogP contribution in [0.5, 0.6) is 0 Å². The third-order valence-electron chi connectivity index (χ3n) is 2.92. The molecule has 0 aliphatic rings. The third kappa shape index (κ3) is 3.64. The van der Waals surface area contributed by atoms with E-state index < -0.39 is 0 Å². The molecule has 2 aromatic carbocycles. The van der Waals surface area contributed by atoms with Gasteiger partial charge in [0.2, 0.25) is 0 Å². The maximum atomic E-state index is 13.7. The molecule has 0 bridgehead atoms. The SMILES string of the molecule is CN(C)c1ccc(Br)cc1NCc1ccc(Cl)cc1F. The highest BCUT2D eigenvalue weighted by atomic mass is 79.9. The summed E-state index contributed by atoms with van der Waals surface area (Å²) in [6.07, 6.45) is 0. The van der Waals surface area contributed by atoms with Crippen LogP contribution in [0.2, 0.25) is 5.02 Å². The largest absolute Gasteiger partial charge is 0.379 e. The van der Waals surface area contributed by atoms with Crippen LogP contribution in [0.25, 0.3) is 0 Å². The molecular weight excluding hydrogens is 343 g/mol. The average molecular weight is 358 g/mol. The fraction of sp³-hybridized carbons (Fsp3) is 0.200. The summed E-state index contributed by atoms with van der Waals surface area (Å²) in [6, 6.07) is 10.7. The van der Waals surface area contributed by atoms with Crippen molar-refractivity contribution in [1.29, 1.82) is 0 Å². The van der Waals surface area contributed by atoms with Crippen LogP contribution in [0.1, 0.15) is 5.56 Å². The van der Waals surface area contributed by atoms with Gasteiger partial charge in [0, 0.05) is 35.7 Å². The summed E-state index contributed by atoms with van der Waals surface area (Å²) in [4.78, 5) is 2.01. The Morgan fingerprint density at radius 3 is 2.60 bits per heavy atom. The van der Waals surface area contributed by atoms with E-state index in [1.54, 1.807) is 12.1 Å². The highest BCUT2D eigenvalue weighted by molar-refractivity contribution is 9.10. The molecule has 0 amide bonds. The highest BCUT2D eigenvalue weighted by Gasteiger charge is 2.07. The first-order chi connectivity index (χ1) is 9.47. The van der Waals surface area contributed by atoms with Crippen molar-refractivity contribution in [2.45, 2.75) is 6.54 Å². The molecule has 2 rings (SSSR count). The summed E-state index contributed by atoms with van der Waals surface area (Å²) in [6.45, 7) is 0.403. The van der Waals surface area contributed by atoms with Crippen molar-refractivity contribution in [3.63, 3.8) is 0 Å². The Morgan fingerprint density at radius 1 is 1.20 bits per heavy atom. The topological polar surface area (TPSA) is 15.3 Å². The molecule has 0 radical (unpaired) electrons. The van der Waals surface area contributed by atoms with E-state index in [-0.39, 0.29) is 5.82 Å². The normalized spacial score (nSPS) is 10.4. The Hall–Kier alpha value is -1.26. The maximum absolute atomic E-state index is 13.7. The molecule has 0 fully saturated rings. The first-order valence-corrected chi connectivity index (χ1v) is 7.29. The fourth-order valence-electron chi connectivity index (χ4n) is 1.90. The Morgan fingerprint density at radius 2 is 1.95 bits per heavy atom. The Labute approximate surface area is 131 Å². The lowest BCUT2D eigenvalue weighted by Gasteiger charge is -2.19. The Kier molecular flexibility index (Phi) is 4.89. The summed E-state index contributed by atoms with van der Waals surface area (Å²) < 4.78 is 14.7. The zero-order chi connectivity index (χ0) is 14.7. The van der Waals surface area contributed by atoms with Crippen molar-refractivity contribution < 1.29 is 4.39 Å². The minimum Gasteiger partial charge on any atom is -0.379 e. The molecule has 106 valence electrons. The van der Waals surface area contributed by atoms with Gasteiger partial charge in [-0.1, -0.05) is 33.6 Å². The van der Waals surface area contributed by atoms with Crippen LogP contribution in [-0.4, -0.2) is 14.1 Å². The van der Waals surface area contributed by atoms with Crippen LogP contribution in [0, 0.1) is 5.82 Å². The van der Waals surface area contributed by atoms with E-state index in [0.29, 0.717) is 17.1 Å². The Balaban J connectivity index is 2.20. The first kappa shape index (κ1) is 15.1. The molecule has 2 aromatic rings. The van der Waals surface area contributed by atoms with Gasteiger partial charge >= 0.3 is 0 Å². The summed E-state index contributed by atoms with van der Waals surface area (Å²) in [5.41, 5.74) is 2.57. The van der Waals surface area contributed by atoms with Crippen LogP contribution in [0.3, 0.4) is 0 Å². The first-order valence-electron chi connectivity index (χ1n) is 6.12. The van der Waals surface area contributed by atoms with Gasteiger partial charge in [0.15, 0.2) is 0 Å². The molecule has 0 spiro atoms. The van der Waals surface area contributed by atoms with E-state index in [0.717, 1.165) is 15.8 Å². The molecule has 1 N–H and O–H groups in total. The maximum Gasteiger partial charge on any atom is 0.129 e. The second-order valence-electron chi connectivity index (χ2n) is 4.65. The second-order valence-corrected chi connectivity index (χ2v) is 6.00. The van der Waals surface area contributed by atoms with Gasteiger partial charge in [-0.25, -0.2) is 4.39 Å². The molecular formula is C15H15BrClFN2. The zero-order valence-corrected chi connectivity index (χ0v) is 13.6. The molecule has 0 aliphatic heterocycles. The van der Waals surface area contributed by atoms with E-state index in [1.807, 2.05) is 37.2 Å². The van der Waals surface area contributed by atoms with Crippen molar-refractivity contribution in [3.8, 4) is 0 Å². The number of nitrogens with zero attached hydrogens (tertiary/aromatic N) is 1. The lowest BCUT2D eigenvalue weighted by Crippen LogP contribution is -2.12. The van der Waals surface area contributed by atoms with Gasteiger partial charge in [0.25, 0.3) is 0 Å². The third-order valence-corrected chi connectivity index (χ3v) is 3.65. The number of hydrogen-bond donors (Lipinski definition) is 1. The van der Waals surface area contributed by atoms with Gasteiger partial charge in [0.05, 0.1) is 11.4 Å². The molecule has 0 aromatic heterocycles. The number of benzene rings is 2. The van der Waals surface area contributed by atoms with Gasteiger partial charge in [0.1, 0.15) is 5.82 Å². The molecule has 0 saturated heterocycles. The summed E-state index contributed by atoms with van der Waals surface area (Å²) >= 11 is 9.19. The monoisotopic (exact) mass is 356 g/mol. The quantitative estimate of drug-likeness (QED) is 0.835. The molecule has 0 aliphatic carbocycles. The molecule has 20 heavy (non-hydrogen) atoms. The minimum absolute atomic E-state index is 0.300. The molecule has 0 heterocycles. The van der Waals surface area contributed by atoms with Crippen LogP contribution >= 0.6 is 27.5 Å². The van der Waals surface area contributed by atoms with Crippen molar-refractivity contribution in [1.82, 2.24) is 0 Å². The summed E-state index contributed by atoms with van der Waals surface area (Å²) in [5.74, 6) is -0.300. The van der Waals surface area contributed by atoms with E-state index >= 15 is 0 Å². The van der Waals surface area contributed by atoms with Gasteiger partial charge in [-0.3, -0.25) is 0 Å². The van der Waals surface area contributed by atoms with Crippen LogP contribution in [0.4, 0.5) is 15.8 Å². The van der Waals surface area contributed by atoms with Gasteiger partial charge in [-0.2, -0.15) is 0 Å². The van der Waals surface area contributed by atoms with Crippen molar-refractivity contribution in [3.05, 3.63) is 57.3 Å².